The third kappa shape index (κ3) is 3.24. The minimum atomic E-state index is -0.721. The highest BCUT2D eigenvalue weighted by Crippen LogP contribution is 2.22. The van der Waals surface area contributed by atoms with E-state index in [4.69, 9.17) is 0 Å². The molecule has 0 bridgehead atoms. The maximum absolute atomic E-state index is 12.4. The number of nitrogens with zero attached hydrogens (tertiary/aromatic N) is 1. The standard InChI is InChI=1S/C14H26N2O2/c1-6-14(5)13(18)16(9-12(17)15-14)11(4)8-7-10(2)3/h10-11H,6-9H2,1-5H3,(H,15,17). The second-order valence-electron chi connectivity index (χ2n) is 5.99. The Labute approximate surface area is 110 Å². The first-order valence-corrected chi connectivity index (χ1v) is 6.92. The summed E-state index contributed by atoms with van der Waals surface area (Å²) in [7, 11) is 0. The van der Waals surface area contributed by atoms with Crippen LogP contribution in [0.3, 0.4) is 0 Å². The lowest BCUT2D eigenvalue weighted by Gasteiger charge is -2.42. The van der Waals surface area contributed by atoms with Crippen molar-refractivity contribution in [2.24, 2.45) is 5.92 Å². The van der Waals surface area contributed by atoms with Gasteiger partial charge in [0.05, 0.1) is 6.54 Å². The van der Waals surface area contributed by atoms with Crippen LogP contribution in [0.25, 0.3) is 0 Å². The van der Waals surface area contributed by atoms with Crippen molar-refractivity contribution in [3.05, 3.63) is 0 Å². The molecule has 1 saturated heterocycles. The fraction of sp³-hybridized carbons (Fsp3) is 0.857. The van der Waals surface area contributed by atoms with Gasteiger partial charge in [0.15, 0.2) is 0 Å². The first-order chi connectivity index (χ1) is 8.30. The highest BCUT2D eigenvalue weighted by molar-refractivity contribution is 5.97. The van der Waals surface area contributed by atoms with Crippen LogP contribution in [-0.4, -0.2) is 34.8 Å². The first-order valence-electron chi connectivity index (χ1n) is 6.92. The molecule has 0 radical (unpaired) electrons. The molecule has 2 unspecified atom stereocenters. The molecule has 1 rings (SSSR count). The van der Waals surface area contributed by atoms with Crippen molar-refractivity contribution in [1.82, 2.24) is 10.2 Å². The smallest absolute Gasteiger partial charge is 0.248 e. The largest absolute Gasteiger partial charge is 0.340 e. The fourth-order valence-electron chi connectivity index (χ4n) is 2.27. The molecular weight excluding hydrogens is 228 g/mol. The SMILES string of the molecule is CCC1(C)NC(=O)CN(C(C)CCC(C)C)C1=O. The summed E-state index contributed by atoms with van der Waals surface area (Å²) in [6, 6.07) is 0.136. The highest BCUT2D eigenvalue weighted by Gasteiger charge is 2.42. The second-order valence-corrected chi connectivity index (χ2v) is 5.99. The van der Waals surface area contributed by atoms with Crippen molar-refractivity contribution in [3.63, 3.8) is 0 Å². The van der Waals surface area contributed by atoms with Crippen molar-refractivity contribution in [1.29, 1.82) is 0 Å². The minimum absolute atomic E-state index is 0.0460. The number of carbonyl (C=O) groups is 2. The van der Waals surface area contributed by atoms with E-state index < -0.39 is 5.54 Å². The van der Waals surface area contributed by atoms with E-state index in [0.717, 1.165) is 12.8 Å². The summed E-state index contributed by atoms with van der Waals surface area (Å²) in [6.45, 7) is 10.3. The molecule has 2 amide bonds. The van der Waals surface area contributed by atoms with Gasteiger partial charge in [0.1, 0.15) is 5.54 Å². The highest BCUT2D eigenvalue weighted by atomic mass is 16.2. The Morgan fingerprint density at radius 3 is 2.39 bits per heavy atom. The summed E-state index contributed by atoms with van der Waals surface area (Å²) in [5, 5.41) is 2.81. The number of carbonyl (C=O) groups excluding carboxylic acids is 2. The van der Waals surface area contributed by atoms with Crippen LogP contribution >= 0.6 is 0 Å². The Balaban J connectivity index is 2.74. The Kier molecular flexibility index (Phi) is 4.77. The summed E-state index contributed by atoms with van der Waals surface area (Å²) in [4.78, 5) is 25.9. The normalized spacial score (nSPS) is 26.4. The monoisotopic (exact) mass is 254 g/mol. The van der Waals surface area contributed by atoms with Gasteiger partial charge in [0, 0.05) is 6.04 Å². The number of rotatable bonds is 5. The van der Waals surface area contributed by atoms with Crippen LogP contribution in [0, 0.1) is 5.92 Å². The van der Waals surface area contributed by atoms with Gasteiger partial charge in [-0.05, 0) is 39.0 Å². The minimum Gasteiger partial charge on any atom is -0.340 e. The number of nitrogens with one attached hydrogen (secondary N) is 1. The van der Waals surface area contributed by atoms with Gasteiger partial charge >= 0.3 is 0 Å². The van der Waals surface area contributed by atoms with Gasteiger partial charge in [0.25, 0.3) is 0 Å². The Hall–Kier alpha value is -1.06. The number of piperazine rings is 1. The van der Waals surface area contributed by atoms with Crippen molar-refractivity contribution < 1.29 is 9.59 Å². The maximum atomic E-state index is 12.4. The average molecular weight is 254 g/mol. The van der Waals surface area contributed by atoms with Gasteiger partial charge in [-0.1, -0.05) is 20.8 Å². The van der Waals surface area contributed by atoms with Crippen LogP contribution < -0.4 is 5.32 Å². The van der Waals surface area contributed by atoms with E-state index in [9.17, 15) is 9.59 Å². The lowest BCUT2D eigenvalue weighted by molar-refractivity contribution is -0.151. The Bertz CT molecular complexity index is 328. The van der Waals surface area contributed by atoms with E-state index in [2.05, 4.69) is 19.2 Å². The lowest BCUT2D eigenvalue weighted by atomic mass is 9.92. The predicted octanol–water partition coefficient (Wildman–Crippen LogP) is 1.94. The molecule has 0 aromatic heterocycles. The number of amides is 2. The molecule has 18 heavy (non-hydrogen) atoms. The third-order valence-electron chi connectivity index (χ3n) is 3.86. The van der Waals surface area contributed by atoms with E-state index in [1.54, 1.807) is 4.90 Å². The third-order valence-corrected chi connectivity index (χ3v) is 3.86. The van der Waals surface area contributed by atoms with E-state index in [0.29, 0.717) is 12.3 Å². The zero-order chi connectivity index (χ0) is 13.9. The first kappa shape index (κ1) is 15.0. The van der Waals surface area contributed by atoms with Crippen molar-refractivity contribution in [3.8, 4) is 0 Å². The molecule has 1 aliphatic heterocycles. The van der Waals surface area contributed by atoms with E-state index >= 15 is 0 Å². The van der Waals surface area contributed by atoms with E-state index in [1.807, 2.05) is 20.8 Å². The van der Waals surface area contributed by atoms with Gasteiger partial charge < -0.3 is 10.2 Å². The van der Waals surface area contributed by atoms with Gasteiger partial charge in [-0.2, -0.15) is 0 Å². The van der Waals surface area contributed by atoms with Gasteiger partial charge in [-0.25, -0.2) is 0 Å². The number of hydrogen-bond donors (Lipinski definition) is 1. The zero-order valence-electron chi connectivity index (χ0n) is 12.2. The zero-order valence-corrected chi connectivity index (χ0v) is 12.2. The molecule has 0 aliphatic carbocycles. The molecular formula is C14H26N2O2. The Morgan fingerprint density at radius 1 is 1.28 bits per heavy atom. The molecule has 0 saturated carbocycles. The summed E-state index contributed by atoms with van der Waals surface area (Å²) in [5.74, 6) is 0.634. The molecule has 1 heterocycles. The topological polar surface area (TPSA) is 49.4 Å². The van der Waals surface area contributed by atoms with Crippen molar-refractivity contribution in [2.75, 3.05) is 6.54 Å². The van der Waals surface area contributed by atoms with Crippen LogP contribution in [0.15, 0.2) is 0 Å². The molecule has 0 spiro atoms. The molecule has 1 aliphatic rings. The van der Waals surface area contributed by atoms with E-state index in [1.165, 1.54) is 0 Å². The molecule has 4 heteroatoms. The van der Waals surface area contributed by atoms with Crippen LogP contribution in [0.2, 0.25) is 0 Å². The lowest BCUT2D eigenvalue weighted by Crippen LogP contribution is -2.66. The summed E-state index contributed by atoms with van der Waals surface area (Å²) >= 11 is 0. The molecule has 0 aromatic rings. The van der Waals surface area contributed by atoms with Crippen LogP contribution in [-0.2, 0) is 9.59 Å². The van der Waals surface area contributed by atoms with Gasteiger partial charge in [-0.15, -0.1) is 0 Å². The second kappa shape index (κ2) is 5.72. The summed E-state index contributed by atoms with van der Waals surface area (Å²) in [5.41, 5.74) is -0.721. The van der Waals surface area contributed by atoms with Gasteiger partial charge in [0.2, 0.25) is 11.8 Å². The molecule has 104 valence electrons. The Morgan fingerprint density at radius 2 is 1.89 bits per heavy atom. The fourth-order valence-corrected chi connectivity index (χ4v) is 2.27. The summed E-state index contributed by atoms with van der Waals surface area (Å²) in [6.07, 6.45) is 2.66. The number of hydrogen-bond acceptors (Lipinski definition) is 2. The van der Waals surface area contributed by atoms with Gasteiger partial charge in [-0.3, -0.25) is 9.59 Å². The molecule has 1 fully saturated rings. The van der Waals surface area contributed by atoms with Crippen LogP contribution in [0.4, 0.5) is 0 Å². The average Bonchev–Trinajstić information content (AvgIpc) is 2.30. The van der Waals surface area contributed by atoms with E-state index in [-0.39, 0.29) is 24.4 Å². The molecule has 0 aromatic carbocycles. The maximum Gasteiger partial charge on any atom is 0.248 e. The predicted molar refractivity (Wildman–Crippen MR) is 72.1 cm³/mol. The quantitative estimate of drug-likeness (QED) is 0.815. The van der Waals surface area contributed by atoms with Crippen molar-refractivity contribution >= 4 is 11.8 Å². The summed E-state index contributed by atoms with van der Waals surface area (Å²) < 4.78 is 0. The van der Waals surface area contributed by atoms with Crippen LogP contribution in [0.1, 0.15) is 53.9 Å². The molecule has 4 nitrogen and oxygen atoms in total. The van der Waals surface area contributed by atoms with Crippen LogP contribution in [0.5, 0.6) is 0 Å². The molecule has 2 atom stereocenters. The molecule has 1 N–H and O–H groups in total. The van der Waals surface area contributed by atoms with Crippen molar-refractivity contribution in [2.45, 2.75) is 65.5 Å².